The molecule has 0 rings (SSSR count). The van der Waals surface area contributed by atoms with Crippen molar-refractivity contribution in [3.8, 4) is 0 Å². The average molecular weight is 1260 g/mol. The highest BCUT2D eigenvalue weighted by Crippen LogP contribution is 2.20. The third-order valence-corrected chi connectivity index (χ3v) is 17.9. The zero-order chi connectivity index (χ0) is 64.7. The Labute approximate surface area is 553 Å². The predicted octanol–water partition coefficient (Wildman–Crippen LogP) is 24.7. The van der Waals surface area contributed by atoms with Crippen LogP contribution in [0, 0.1) is 0 Å². The van der Waals surface area contributed by atoms with Gasteiger partial charge in [0.05, 0.1) is 34.4 Å². The summed E-state index contributed by atoms with van der Waals surface area (Å²) in [6.45, 7) is 4.95. The van der Waals surface area contributed by atoms with E-state index >= 15 is 0 Å². The molecule has 0 aliphatic carbocycles. The predicted molar refractivity (Wildman–Crippen MR) is 383 cm³/mol. The lowest BCUT2D eigenvalue weighted by molar-refractivity contribution is -0.870. The molecule has 89 heavy (non-hydrogen) atoms. The first-order valence-corrected chi connectivity index (χ1v) is 39.2. The lowest BCUT2D eigenvalue weighted by atomic mass is 10.0. The quantitative estimate of drug-likeness (QED) is 0.0211. The van der Waals surface area contributed by atoms with E-state index in [2.05, 4.69) is 50.3 Å². The van der Waals surface area contributed by atoms with E-state index in [1.807, 2.05) is 21.1 Å². The Morgan fingerprint density at radius 3 is 0.899 bits per heavy atom. The molecule has 0 amide bonds. The van der Waals surface area contributed by atoms with Crippen LogP contribution < -0.4 is 0 Å². The van der Waals surface area contributed by atoms with Crippen LogP contribution in [0.3, 0.4) is 0 Å². The zero-order valence-corrected chi connectivity index (χ0v) is 60.1. The molecule has 9 heteroatoms. The topological polar surface area (TPSA) is 108 Å². The fraction of sp³-hybridized carbons (Fsp3) is 0.887. The SMILES string of the molecule is CCCCCCC/C=C\C/C=C\C/C=C\CCCCCCCCCCCCCCCCCCCCC(=O)OC(COC(=O)CCCCCCCCCCCCCCCCCCCCCCCCCCCCCCCCC)COC(OCC[N+](C)(C)C)C(=O)O. The average Bonchev–Trinajstić information content (AvgIpc) is 3.64. The van der Waals surface area contributed by atoms with Crippen LogP contribution in [-0.4, -0.2) is 87.4 Å². The molecule has 0 aliphatic heterocycles. The van der Waals surface area contributed by atoms with Crippen molar-refractivity contribution >= 4 is 17.9 Å². The van der Waals surface area contributed by atoms with Crippen LogP contribution in [0.25, 0.3) is 0 Å². The number of nitrogens with zero attached hydrogens (tertiary/aromatic N) is 1. The van der Waals surface area contributed by atoms with Crippen LogP contribution >= 0.6 is 0 Å². The van der Waals surface area contributed by atoms with Crippen LogP contribution in [0.5, 0.6) is 0 Å². The van der Waals surface area contributed by atoms with E-state index in [0.29, 0.717) is 17.4 Å². The third kappa shape index (κ3) is 72.8. The van der Waals surface area contributed by atoms with Gasteiger partial charge in [-0.15, -0.1) is 0 Å². The molecule has 0 saturated heterocycles. The molecule has 2 unspecified atom stereocenters. The van der Waals surface area contributed by atoms with E-state index in [0.717, 1.165) is 51.4 Å². The molecule has 0 aromatic carbocycles. The number of hydrogen-bond donors (Lipinski definition) is 1. The fourth-order valence-electron chi connectivity index (χ4n) is 11.9. The second kappa shape index (κ2) is 71.4. The number of quaternary nitrogens is 1. The lowest BCUT2D eigenvalue weighted by Crippen LogP contribution is -2.40. The van der Waals surface area contributed by atoms with Crippen molar-refractivity contribution in [1.82, 2.24) is 0 Å². The number of aliphatic carboxylic acids is 1. The van der Waals surface area contributed by atoms with Crippen molar-refractivity contribution in [1.29, 1.82) is 0 Å². The van der Waals surface area contributed by atoms with Crippen LogP contribution in [0.15, 0.2) is 36.5 Å². The smallest absolute Gasteiger partial charge is 0.361 e. The Morgan fingerprint density at radius 2 is 0.607 bits per heavy atom. The largest absolute Gasteiger partial charge is 0.477 e. The molecule has 0 aliphatic rings. The Kier molecular flexibility index (Phi) is 69.4. The van der Waals surface area contributed by atoms with Gasteiger partial charge >= 0.3 is 17.9 Å². The highest BCUT2D eigenvalue weighted by atomic mass is 16.7. The zero-order valence-electron chi connectivity index (χ0n) is 60.1. The number of carbonyl (C=O) groups excluding carboxylic acids is 2. The van der Waals surface area contributed by atoms with Crippen molar-refractivity contribution in [2.75, 3.05) is 47.5 Å². The van der Waals surface area contributed by atoms with Gasteiger partial charge < -0.3 is 28.5 Å². The van der Waals surface area contributed by atoms with Crippen LogP contribution in [0.2, 0.25) is 0 Å². The number of carbonyl (C=O) groups is 3. The summed E-state index contributed by atoms with van der Waals surface area (Å²) in [4.78, 5) is 37.7. The number of unbranched alkanes of at least 4 members (excludes halogenated alkanes) is 53. The Morgan fingerprint density at radius 1 is 0.337 bits per heavy atom. The molecule has 0 radical (unpaired) electrons. The van der Waals surface area contributed by atoms with Gasteiger partial charge in [-0.25, -0.2) is 4.79 Å². The van der Waals surface area contributed by atoms with Crippen LogP contribution in [-0.2, 0) is 33.3 Å². The Hall–Kier alpha value is -2.49. The molecule has 0 heterocycles. The van der Waals surface area contributed by atoms with Gasteiger partial charge in [-0.1, -0.05) is 371 Å². The second-order valence-corrected chi connectivity index (χ2v) is 28.0. The number of rotatable bonds is 74. The van der Waals surface area contributed by atoms with Crippen LogP contribution in [0.4, 0.5) is 0 Å². The summed E-state index contributed by atoms with van der Waals surface area (Å²) >= 11 is 0. The number of likely N-dealkylation sites (N-methyl/N-ethyl adjacent to an activating group) is 1. The van der Waals surface area contributed by atoms with Crippen molar-refractivity contribution < 1.29 is 42.9 Å². The molecule has 1 N–H and O–H groups in total. The van der Waals surface area contributed by atoms with E-state index in [-0.39, 0.29) is 38.2 Å². The van der Waals surface area contributed by atoms with Gasteiger partial charge in [0.2, 0.25) is 0 Å². The molecular weight excluding hydrogens is 1100 g/mol. The van der Waals surface area contributed by atoms with Crippen molar-refractivity contribution in [2.24, 2.45) is 0 Å². The first kappa shape index (κ1) is 86.5. The highest BCUT2D eigenvalue weighted by molar-refractivity contribution is 5.71. The molecular formula is C80H152NO8+. The van der Waals surface area contributed by atoms with Gasteiger partial charge in [-0.2, -0.15) is 0 Å². The summed E-state index contributed by atoms with van der Waals surface area (Å²) in [6, 6.07) is 0. The number of carboxylic acids is 1. The number of carboxylic acid groups (broad SMARTS) is 1. The minimum absolute atomic E-state index is 0.175. The van der Waals surface area contributed by atoms with E-state index in [1.165, 1.54) is 321 Å². The second-order valence-electron chi connectivity index (χ2n) is 28.0. The monoisotopic (exact) mass is 1260 g/mol. The molecule has 0 bridgehead atoms. The molecule has 0 aromatic heterocycles. The van der Waals surface area contributed by atoms with E-state index < -0.39 is 18.4 Å². The maximum atomic E-state index is 13.0. The normalized spacial score (nSPS) is 12.8. The molecule has 9 nitrogen and oxygen atoms in total. The van der Waals surface area contributed by atoms with E-state index in [4.69, 9.17) is 18.9 Å². The first-order chi connectivity index (χ1) is 43.6. The summed E-state index contributed by atoms with van der Waals surface area (Å²) < 4.78 is 23.1. The molecule has 2 atom stereocenters. The van der Waals surface area contributed by atoms with Crippen LogP contribution in [0.1, 0.15) is 399 Å². The van der Waals surface area contributed by atoms with Crippen molar-refractivity contribution in [3.63, 3.8) is 0 Å². The van der Waals surface area contributed by atoms with Gasteiger partial charge in [-0.3, -0.25) is 9.59 Å². The number of esters is 2. The van der Waals surface area contributed by atoms with Crippen molar-refractivity contribution in [3.05, 3.63) is 36.5 Å². The highest BCUT2D eigenvalue weighted by Gasteiger charge is 2.25. The maximum Gasteiger partial charge on any atom is 0.361 e. The maximum absolute atomic E-state index is 13.0. The molecule has 0 spiro atoms. The molecule has 524 valence electrons. The molecule has 0 saturated carbocycles. The van der Waals surface area contributed by atoms with Gasteiger partial charge in [0.25, 0.3) is 6.29 Å². The van der Waals surface area contributed by atoms with Gasteiger partial charge in [0.15, 0.2) is 6.10 Å². The molecule has 0 aromatic rings. The van der Waals surface area contributed by atoms with E-state index in [1.54, 1.807) is 0 Å². The standard InChI is InChI=1S/C80H151NO8/c1-6-8-10-12-14-16-18-20-22-24-26-28-30-32-34-36-38-39-41-43-45-47-49-51-53-55-57-59-61-63-65-67-69-71-78(83)89-76(75-88-80(79(84)85)86-73-72-81(3,4)5)74-87-77(82)70-68-66-64-62-60-58-56-54-52-50-48-46-44-42-40-37-35-33-31-29-27-25-23-21-19-17-15-13-11-9-7-2/h18,20,24,26,30,32,76,80H,6-17,19,21-23,25,27-29,31,33-75H2,1-5H3/p+1/b20-18-,26-24-,32-30-. The number of hydrogen-bond acceptors (Lipinski definition) is 7. The fourth-order valence-corrected chi connectivity index (χ4v) is 11.9. The summed E-state index contributed by atoms with van der Waals surface area (Å²) in [7, 11) is 6.00. The van der Waals surface area contributed by atoms with Gasteiger partial charge in [-0.05, 0) is 51.4 Å². The minimum atomic E-state index is -1.51. The van der Waals surface area contributed by atoms with Gasteiger partial charge in [0.1, 0.15) is 13.2 Å². The Balaban J connectivity index is 4.00. The number of allylic oxidation sites excluding steroid dienone is 6. The summed E-state index contributed by atoms with van der Waals surface area (Å²) in [5.41, 5.74) is 0. The third-order valence-electron chi connectivity index (χ3n) is 17.9. The minimum Gasteiger partial charge on any atom is -0.477 e. The van der Waals surface area contributed by atoms with Crippen molar-refractivity contribution in [2.45, 2.75) is 411 Å². The summed E-state index contributed by atoms with van der Waals surface area (Å²) in [6.07, 6.45) is 88.7. The van der Waals surface area contributed by atoms with E-state index in [9.17, 15) is 19.5 Å². The first-order valence-electron chi connectivity index (χ1n) is 39.2. The van der Waals surface area contributed by atoms with Gasteiger partial charge in [0, 0.05) is 12.8 Å². The lowest BCUT2D eigenvalue weighted by Gasteiger charge is -2.25. The molecule has 0 fully saturated rings. The Bertz CT molecular complexity index is 1550. The summed E-state index contributed by atoms with van der Waals surface area (Å²) in [5.74, 6) is -1.97. The number of ether oxygens (including phenoxy) is 4. The summed E-state index contributed by atoms with van der Waals surface area (Å²) in [5, 5.41) is 9.77.